The van der Waals surface area contributed by atoms with Crippen molar-refractivity contribution in [3.05, 3.63) is 24.3 Å². The minimum absolute atomic E-state index is 0.0976. The number of sulfonamides is 1. The van der Waals surface area contributed by atoms with Crippen LogP contribution >= 0.6 is 15.9 Å². The lowest BCUT2D eigenvalue weighted by Gasteiger charge is -2.20. The Labute approximate surface area is 115 Å². The van der Waals surface area contributed by atoms with E-state index < -0.39 is 15.8 Å². The van der Waals surface area contributed by atoms with Crippen LogP contribution in [0.2, 0.25) is 0 Å². The summed E-state index contributed by atoms with van der Waals surface area (Å²) in [6, 6.07) is 0.996. The van der Waals surface area contributed by atoms with Crippen molar-refractivity contribution in [1.29, 1.82) is 0 Å². The number of halogens is 2. The van der Waals surface area contributed by atoms with Crippen molar-refractivity contribution in [2.45, 2.75) is 24.7 Å². The van der Waals surface area contributed by atoms with Crippen LogP contribution in [0.1, 0.15) is 19.8 Å². The molecule has 0 saturated heterocycles. The molecule has 0 radical (unpaired) electrons. The molecule has 7 heteroatoms. The van der Waals surface area contributed by atoms with Gasteiger partial charge in [0.15, 0.2) is 0 Å². The van der Waals surface area contributed by atoms with E-state index in [1.807, 2.05) is 6.92 Å². The van der Waals surface area contributed by atoms with E-state index in [-0.39, 0.29) is 4.90 Å². The van der Waals surface area contributed by atoms with E-state index >= 15 is 0 Å². The molecular weight excluding hydrogens is 323 g/mol. The zero-order valence-electron chi connectivity index (χ0n) is 10.1. The van der Waals surface area contributed by atoms with Crippen molar-refractivity contribution in [3.63, 3.8) is 0 Å². The maximum absolute atomic E-state index is 13.0. The van der Waals surface area contributed by atoms with Gasteiger partial charge in [-0.25, -0.2) is 12.8 Å². The van der Waals surface area contributed by atoms with Gasteiger partial charge in [0.2, 0.25) is 10.0 Å². The molecule has 1 aromatic heterocycles. The van der Waals surface area contributed by atoms with Gasteiger partial charge < -0.3 is 0 Å². The van der Waals surface area contributed by atoms with Gasteiger partial charge in [-0.05, 0) is 12.5 Å². The van der Waals surface area contributed by atoms with Gasteiger partial charge in [-0.15, -0.1) is 0 Å². The predicted molar refractivity (Wildman–Crippen MR) is 71.7 cm³/mol. The smallest absolute Gasteiger partial charge is 0.244 e. The summed E-state index contributed by atoms with van der Waals surface area (Å²) in [4.78, 5) is 3.48. The molecule has 0 aliphatic carbocycles. The zero-order valence-corrected chi connectivity index (χ0v) is 12.5. The van der Waals surface area contributed by atoms with Crippen molar-refractivity contribution in [3.8, 4) is 0 Å². The SMILES string of the molecule is CCCCN(CCBr)S(=O)(=O)c1cncc(F)c1. The largest absolute Gasteiger partial charge is 0.260 e. The molecular formula is C11H16BrFN2O2S. The van der Waals surface area contributed by atoms with Crippen LogP contribution in [-0.2, 0) is 10.0 Å². The highest BCUT2D eigenvalue weighted by atomic mass is 79.9. The number of hydrogen-bond donors (Lipinski definition) is 0. The van der Waals surface area contributed by atoms with Crippen molar-refractivity contribution in [1.82, 2.24) is 9.29 Å². The topological polar surface area (TPSA) is 50.3 Å². The summed E-state index contributed by atoms with van der Waals surface area (Å²) >= 11 is 3.23. The molecule has 0 saturated carbocycles. The number of unbranched alkanes of at least 4 members (excludes halogenated alkanes) is 1. The molecule has 1 rings (SSSR count). The normalized spacial score (nSPS) is 12.0. The number of nitrogens with zero attached hydrogens (tertiary/aromatic N) is 2. The summed E-state index contributed by atoms with van der Waals surface area (Å²) in [6.07, 6.45) is 3.83. The van der Waals surface area contributed by atoms with Crippen LogP contribution in [0, 0.1) is 5.82 Å². The highest BCUT2D eigenvalue weighted by Crippen LogP contribution is 2.16. The van der Waals surface area contributed by atoms with Crippen molar-refractivity contribution in [2.75, 3.05) is 18.4 Å². The predicted octanol–water partition coefficient (Wildman–Crippen LogP) is 2.41. The molecule has 1 aromatic rings. The first-order valence-corrected chi connectivity index (χ1v) is 8.25. The molecule has 0 amide bonds. The average molecular weight is 339 g/mol. The fraction of sp³-hybridized carbons (Fsp3) is 0.545. The van der Waals surface area contributed by atoms with E-state index in [4.69, 9.17) is 0 Å². The first-order valence-electron chi connectivity index (χ1n) is 5.69. The van der Waals surface area contributed by atoms with Crippen LogP contribution in [0.3, 0.4) is 0 Å². The monoisotopic (exact) mass is 338 g/mol. The lowest BCUT2D eigenvalue weighted by molar-refractivity contribution is 0.421. The van der Waals surface area contributed by atoms with Crippen LogP contribution < -0.4 is 0 Å². The second-order valence-corrected chi connectivity index (χ2v) is 6.52. The molecule has 18 heavy (non-hydrogen) atoms. The van der Waals surface area contributed by atoms with Crippen molar-refractivity contribution in [2.24, 2.45) is 0 Å². The number of pyridine rings is 1. The Morgan fingerprint density at radius 3 is 2.67 bits per heavy atom. The molecule has 0 aliphatic rings. The molecule has 1 heterocycles. The summed E-state index contributed by atoms with van der Waals surface area (Å²) in [6.45, 7) is 2.78. The molecule has 0 N–H and O–H groups in total. The second-order valence-electron chi connectivity index (χ2n) is 3.79. The number of aromatic nitrogens is 1. The maximum Gasteiger partial charge on any atom is 0.244 e. The van der Waals surface area contributed by atoms with E-state index in [9.17, 15) is 12.8 Å². The molecule has 0 fully saturated rings. The van der Waals surface area contributed by atoms with Gasteiger partial charge in [0.25, 0.3) is 0 Å². The molecule has 0 aliphatic heterocycles. The summed E-state index contributed by atoms with van der Waals surface area (Å²) < 4.78 is 39.0. The Hall–Kier alpha value is -0.530. The second kappa shape index (κ2) is 7.16. The van der Waals surface area contributed by atoms with Crippen LogP contribution in [0.25, 0.3) is 0 Å². The quantitative estimate of drug-likeness (QED) is 0.717. The van der Waals surface area contributed by atoms with E-state index in [2.05, 4.69) is 20.9 Å². The standard InChI is InChI=1S/C11H16BrFN2O2S/c1-2-3-5-15(6-4-12)18(16,17)11-7-10(13)8-14-9-11/h7-9H,2-6H2,1H3. The Kier molecular flexibility index (Phi) is 6.17. The van der Waals surface area contributed by atoms with Gasteiger partial charge in [-0.1, -0.05) is 29.3 Å². The Morgan fingerprint density at radius 2 is 2.11 bits per heavy atom. The summed E-state index contributed by atoms with van der Waals surface area (Å²) in [5.74, 6) is -0.648. The average Bonchev–Trinajstić information content (AvgIpc) is 2.34. The van der Waals surface area contributed by atoms with E-state index in [1.54, 1.807) is 0 Å². The van der Waals surface area contributed by atoms with Crippen LogP contribution in [-0.4, -0.2) is 36.1 Å². The number of alkyl halides is 1. The van der Waals surface area contributed by atoms with E-state index in [0.29, 0.717) is 18.4 Å². The molecule has 0 bridgehead atoms. The minimum Gasteiger partial charge on any atom is -0.260 e. The summed E-state index contributed by atoms with van der Waals surface area (Å²) in [7, 11) is -3.66. The highest BCUT2D eigenvalue weighted by Gasteiger charge is 2.24. The fourth-order valence-corrected chi connectivity index (χ4v) is 3.58. The molecule has 0 spiro atoms. The van der Waals surface area contributed by atoms with Gasteiger partial charge in [-0.2, -0.15) is 4.31 Å². The molecule has 4 nitrogen and oxygen atoms in total. The molecule has 0 unspecified atom stereocenters. The van der Waals surface area contributed by atoms with Gasteiger partial charge in [0.1, 0.15) is 10.7 Å². The van der Waals surface area contributed by atoms with Gasteiger partial charge in [0, 0.05) is 24.6 Å². The Balaban J connectivity index is 3.00. The molecule has 102 valence electrons. The lowest BCUT2D eigenvalue weighted by Crippen LogP contribution is -2.33. The third-order valence-corrected chi connectivity index (χ3v) is 4.63. The minimum atomic E-state index is -3.66. The molecule has 0 aromatic carbocycles. The highest BCUT2D eigenvalue weighted by molar-refractivity contribution is 9.09. The Bertz CT molecular complexity index is 482. The first-order chi connectivity index (χ1) is 8.52. The third kappa shape index (κ3) is 4.00. The Morgan fingerprint density at radius 1 is 1.39 bits per heavy atom. The molecule has 0 atom stereocenters. The number of rotatable bonds is 7. The van der Waals surface area contributed by atoms with Gasteiger partial charge in [-0.3, -0.25) is 4.98 Å². The first kappa shape index (κ1) is 15.5. The van der Waals surface area contributed by atoms with Crippen molar-refractivity contribution >= 4 is 26.0 Å². The lowest BCUT2D eigenvalue weighted by atomic mass is 10.3. The van der Waals surface area contributed by atoms with Gasteiger partial charge >= 0.3 is 0 Å². The zero-order chi connectivity index (χ0) is 13.6. The van der Waals surface area contributed by atoms with Crippen LogP contribution in [0.15, 0.2) is 23.4 Å². The van der Waals surface area contributed by atoms with E-state index in [0.717, 1.165) is 25.1 Å². The summed E-state index contributed by atoms with van der Waals surface area (Å²) in [5.41, 5.74) is 0. The summed E-state index contributed by atoms with van der Waals surface area (Å²) in [5, 5.41) is 0.540. The van der Waals surface area contributed by atoms with E-state index in [1.165, 1.54) is 10.5 Å². The number of hydrogen-bond acceptors (Lipinski definition) is 3. The van der Waals surface area contributed by atoms with Crippen LogP contribution in [0.4, 0.5) is 4.39 Å². The van der Waals surface area contributed by atoms with Gasteiger partial charge in [0.05, 0.1) is 6.20 Å². The van der Waals surface area contributed by atoms with Crippen molar-refractivity contribution < 1.29 is 12.8 Å². The third-order valence-electron chi connectivity index (χ3n) is 2.41. The van der Waals surface area contributed by atoms with Crippen LogP contribution in [0.5, 0.6) is 0 Å². The maximum atomic E-state index is 13.0. The fourth-order valence-electron chi connectivity index (χ4n) is 1.46.